The van der Waals surface area contributed by atoms with Gasteiger partial charge in [-0.05, 0) is 39.0 Å². The molecule has 0 aliphatic rings. The van der Waals surface area contributed by atoms with Crippen LogP contribution in [0.25, 0.3) is 10.9 Å². The molecular formula is C20H28N8O2. The zero-order valence-electron chi connectivity index (χ0n) is 17.6. The summed E-state index contributed by atoms with van der Waals surface area (Å²) in [6, 6.07) is 7.77. The van der Waals surface area contributed by atoms with Crippen LogP contribution in [0.1, 0.15) is 37.3 Å². The molecule has 0 fully saturated rings. The summed E-state index contributed by atoms with van der Waals surface area (Å²) in [4.78, 5) is 16.3. The van der Waals surface area contributed by atoms with Crippen LogP contribution in [-0.2, 0) is 4.74 Å². The SMILES string of the molecule is COC[C@H](N)[C@@H](C)Nc1nnc(C(N)=O)c(Nc2cccc3c2ccn3C(C)C)n1. The van der Waals surface area contributed by atoms with Gasteiger partial charge < -0.3 is 31.4 Å². The fourth-order valence-corrected chi connectivity index (χ4v) is 3.16. The Hall–Kier alpha value is -3.24. The monoisotopic (exact) mass is 412 g/mol. The number of primary amides is 1. The van der Waals surface area contributed by atoms with Crippen molar-refractivity contribution in [1.29, 1.82) is 0 Å². The summed E-state index contributed by atoms with van der Waals surface area (Å²) < 4.78 is 7.24. The van der Waals surface area contributed by atoms with Gasteiger partial charge in [0.2, 0.25) is 5.95 Å². The van der Waals surface area contributed by atoms with Crippen LogP contribution in [0.15, 0.2) is 30.5 Å². The van der Waals surface area contributed by atoms with E-state index < -0.39 is 5.91 Å². The van der Waals surface area contributed by atoms with Gasteiger partial charge in [0, 0.05) is 42.5 Å². The van der Waals surface area contributed by atoms with Gasteiger partial charge in [-0.15, -0.1) is 10.2 Å². The van der Waals surface area contributed by atoms with Crippen LogP contribution in [0.4, 0.5) is 17.5 Å². The summed E-state index contributed by atoms with van der Waals surface area (Å²) in [5, 5.41) is 15.2. The van der Waals surface area contributed by atoms with E-state index in [4.69, 9.17) is 16.2 Å². The summed E-state index contributed by atoms with van der Waals surface area (Å²) in [6.45, 7) is 6.50. The van der Waals surface area contributed by atoms with Gasteiger partial charge in [-0.1, -0.05) is 6.07 Å². The van der Waals surface area contributed by atoms with Crippen molar-refractivity contribution in [2.75, 3.05) is 24.4 Å². The highest BCUT2D eigenvalue weighted by atomic mass is 16.5. The molecule has 0 radical (unpaired) electrons. The van der Waals surface area contributed by atoms with E-state index in [-0.39, 0.29) is 29.5 Å². The van der Waals surface area contributed by atoms with E-state index in [2.05, 4.69) is 44.2 Å². The Labute approximate surface area is 175 Å². The number of anilines is 3. The number of rotatable bonds is 9. The Morgan fingerprint density at radius 3 is 2.67 bits per heavy atom. The van der Waals surface area contributed by atoms with E-state index >= 15 is 0 Å². The first-order valence-corrected chi connectivity index (χ1v) is 9.74. The van der Waals surface area contributed by atoms with Crippen molar-refractivity contribution in [3.05, 3.63) is 36.2 Å². The summed E-state index contributed by atoms with van der Waals surface area (Å²) >= 11 is 0. The van der Waals surface area contributed by atoms with E-state index in [1.165, 1.54) is 0 Å². The number of amides is 1. The molecule has 160 valence electrons. The molecule has 1 aromatic carbocycles. The molecule has 0 unspecified atom stereocenters. The van der Waals surface area contributed by atoms with E-state index in [9.17, 15) is 4.79 Å². The number of carbonyl (C=O) groups is 1. The van der Waals surface area contributed by atoms with E-state index in [0.717, 1.165) is 16.6 Å². The molecule has 30 heavy (non-hydrogen) atoms. The summed E-state index contributed by atoms with van der Waals surface area (Å²) in [5.74, 6) is -0.272. The summed E-state index contributed by atoms with van der Waals surface area (Å²) in [7, 11) is 1.58. The molecule has 6 N–H and O–H groups in total. The number of nitrogens with zero attached hydrogens (tertiary/aromatic N) is 4. The Morgan fingerprint density at radius 1 is 1.23 bits per heavy atom. The third kappa shape index (κ3) is 4.50. The van der Waals surface area contributed by atoms with E-state index in [1.54, 1.807) is 7.11 Å². The number of hydrogen-bond acceptors (Lipinski definition) is 8. The molecule has 2 atom stereocenters. The third-order valence-corrected chi connectivity index (χ3v) is 4.85. The lowest BCUT2D eigenvalue weighted by Gasteiger charge is -2.20. The molecule has 0 bridgehead atoms. The zero-order valence-corrected chi connectivity index (χ0v) is 17.6. The van der Waals surface area contributed by atoms with Gasteiger partial charge >= 0.3 is 0 Å². The lowest BCUT2D eigenvalue weighted by Crippen LogP contribution is -2.41. The van der Waals surface area contributed by atoms with Crippen molar-refractivity contribution >= 4 is 34.3 Å². The van der Waals surface area contributed by atoms with Crippen LogP contribution in [0.3, 0.4) is 0 Å². The lowest BCUT2D eigenvalue weighted by molar-refractivity contribution is 0.0995. The van der Waals surface area contributed by atoms with Gasteiger partial charge in [-0.25, -0.2) is 0 Å². The smallest absolute Gasteiger partial charge is 0.273 e. The van der Waals surface area contributed by atoms with Crippen molar-refractivity contribution < 1.29 is 9.53 Å². The summed E-state index contributed by atoms with van der Waals surface area (Å²) in [6.07, 6.45) is 2.03. The van der Waals surface area contributed by atoms with Crippen molar-refractivity contribution in [1.82, 2.24) is 19.7 Å². The molecule has 0 spiro atoms. The van der Waals surface area contributed by atoms with Crippen LogP contribution in [0, 0.1) is 0 Å². The predicted octanol–water partition coefficient (Wildman–Crippen LogP) is 2.02. The Morgan fingerprint density at radius 2 is 2.00 bits per heavy atom. The number of nitrogens with one attached hydrogen (secondary N) is 2. The van der Waals surface area contributed by atoms with Crippen LogP contribution >= 0.6 is 0 Å². The van der Waals surface area contributed by atoms with Gasteiger partial charge in [-0.2, -0.15) is 4.98 Å². The van der Waals surface area contributed by atoms with Crippen LogP contribution in [0.5, 0.6) is 0 Å². The molecule has 0 saturated heterocycles. The number of methoxy groups -OCH3 is 1. The van der Waals surface area contributed by atoms with Crippen LogP contribution in [-0.4, -0.2) is 51.5 Å². The first kappa shape index (κ1) is 21.5. The number of fused-ring (bicyclic) bond motifs is 1. The number of carbonyl (C=O) groups excluding carboxylic acids is 1. The van der Waals surface area contributed by atoms with Crippen molar-refractivity contribution in [2.24, 2.45) is 11.5 Å². The number of nitrogens with two attached hydrogens (primary N) is 2. The second-order valence-corrected chi connectivity index (χ2v) is 7.43. The minimum Gasteiger partial charge on any atom is -0.383 e. The first-order valence-electron chi connectivity index (χ1n) is 9.74. The average Bonchev–Trinajstić information content (AvgIpc) is 3.13. The maximum Gasteiger partial charge on any atom is 0.273 e. The molecule has 1 amide bonds. The Balaban J connectivity index is 1.95. The topological polar surface area (TPSA) is 146 Å². The van der Waals surface area contributed by atoms with Gasteiger partial charge in [-0.3, -0.25) is 4.79 Å². The number of aromatic nitrogens is 4. The molecule has 3 rings (SSSR count). The van der Waals surface area contributed by atoms with Crippen molar-refractivity contribution in [2.45, 2.75) is 38.9 Å². The van der Waals surface area contributed by atoms with Crippen molar-refractivity contribution in [3.63, 3.8) is 0 Å². The molecule has 2 heterocycles. The number of benzene rings is 1. The minimum atomic E-state index is -0.722. The average molecular weight is 412 g/mol. The highest BCUT2D eigenvalue weighted by molar-refractivity contribution is 5.99. The highest BCUT2D eigenvalue weighted by Crippen LogP contribution is 2.29. The molecule has 2 aromatic heterocycles. The van der Waals surface area contributed by atoms with Gasteiger partial charge in [0.15, 0.2) is 11.5 Å². The lowest BCUT2D eigenvalue weighted by atomic mass is 10.2. The fraction of sp³-hybridized carbons (Fsp3) is 0.400. The van der Waals surface area contributed by atoms with Crippen LogP contribution < -0.4 is 22.1 Å². The van der Waals surface area contributed by atoms with Gasteiger partial charge in [0.1, 0.15) is 0 Å². The van der Waals surface area contributed by atoms with Crippen molar-refractivity contribution in [3.8, 4) is 0 Å². The maximum absolute atomic E-state index is 11.9. The second-order valence-electron chi connectivity index (χ2n) is 7.43. The predicted molar refractivity (Wildman–Crippen MR) is 117 cm³/mol. The first-order chi connectivity index (χ1) is 14.3. The molecule has 10 heteroatoms. The van der Waals surface area contributed by atoms with E-state index in [0.29, 0.717) is 12.6 Å². The summed E-state index contributed by atoms with van der Waals surface area (Å²) in [5.41, 5.74) is 13.3. The largest absolute Gasteiger partial charge is 0.383 e. The van der Waals surface area contributed by atoms with E-state index in [1.807, 2.05) is 37.4 Å². The van der Waals surface area contributed by atoms with Crippen LogP contribution in [0.2, 0.25) is 0 Å². The fourth-order valence-electron chi connectivity index (χ4n) is 3.16. The minimum absolute atomic E-state index is 0.0466. The van der Waals surface area contributed by atoms with Gasteiger partial charge in [0.25, 0.3) is 5.91 Å². The highest BCUT2D eigenvalue weighted by Gasteiger charge is 2.19. The molecule has 0 aliphatic heterocycles. The third-order valence-electron chi connectivity index (χ3n) is 4.85. The standard InChI is InChI=1S/C20H28N8O2/c1-11(2)28-9-8-13-15(6-5-7-16(13)28)24-19-17(18(22)29)26-27-20(25-19)23-12(3)14(21)10-30-4/h5-9,11-12,14H,10,21H2,1-4H3,(H2,22,29)(H2,23,24,25,27)/t12-,14+/m1/s1. The molecular weight excluding hydrogens is 384 g/mol. The molecule has 3 aromatic rings. The Kier molecular flexibility index (Phi) is 6.48. The maximum atomic E-state index is 11.9. The normalized spacial score (nSPS) is 13.4. The molecule has 10 nitrogen and oxygen atoms in total. The Bertz CT molecular complexity index is 1030. The second kappa shape index (κ2) is 9.06. The molecule has 0 saturated carbocycles. The number of hydrogen-bond donors (Lipinski definition) is 4. The zero-order chi connectivity index (χ0) is 21.8. The molecule has 0 aliphatic carbocycles. The number of ether oxygens (including phenoxy) is 1. The van der Waals surface area contributed by atoms with Gasteiger partial charge in [0.05, 0.1) is 12.1 Å². The quantitative estimate of drug-likeness (QED) is 0.417.